The maximum atomic E-state index is 2.42. The van der Waals surface area contributed by atoms with Crippen molar-refractivity contribution in [2.45, 2.75) is 12.8 Å². The molecule has 0 fully saturated rings. The molecule has 2 atom stereocenters. The third-order valence-electron chi connectivity index (χ3n) is 10.7. The molecule has 2 unspecified atom stereocenters. The molecule has 0 radical (unpaired) electrons. The summed E-state index contributed by atoms with van der Waals surface area (Å²) in [6.07, 6.45) is 7.09. The van der Waals surface area contributed by atoms with Gasteiger partial charge in [-0.05, 0) is 110 Å². The molecule has 0 N–H and O–H groups in total. The maximum Gasteiger partial charge on any atom is 0.0540 e. The van der Waals surface area contributed by atoms with Crippen molar-refractivity contribution in [3.8, 4) is 11.1 Å². The highest BCUT2D eigenvalue weighted by Gasteiger charge is 2.22. The largest absolute Gasteiger partial charge is 0.345 e. The average Bonchev–Trinajstić information content (AvgIpc) is 3.20. The standard InChI is InChI=1S/C50H40N2/c1-35-31-46(51(2)47-28-23-42-32-40-14-6-7-15-41(40)33-43(42)34-47)29-30-48(35)39-21-26-45(27-22-39)52(50-18-10-16-38-13-8-9-17-49(38)50)44-24-19-37(20-25-44)36-11-4-3-5-12-36/h3-35,48H,1-2H3. The Bertz CT molecular complexity index is 2590. The molecule has 2 heteroatoms. The highest BCUT2D eigenvalue weighted by molar-refractivity contribution is 6.00. The molecule has 2 nitrogen and oxygen atoms in total. The third-order valence-corrected chi connectivity index (χ3v) is 10.7. The number of hydrogen-bond acceptors (Lipinski definition) is 2. The first-order chi connectivity index (χ1) is 25.6. The molecule has 0 bridgehead atoms. The van der Waals surface area contributed by atoms with Crippen LogP contribution < -0.4 is 9.80 Å². The van der Waals surface area contributed by atoms with E-state index in [0.717, 1.165) is 11.4 Å². The number of likely N-dealkylation sites (N-methyl/N-ethyl adjacent to an activating group) is 1. The van der Waals surface area contributed by atoms with E-state index in [-0.39, 0.29) is 0 Å². The summed E-state index contributed by atoms with van der Waals surface area (Å²) in [6.45, 7) is 2.33. The van der Waals surface area contributed by atoms with Crippen molar-refractivity contribution in [1.82, 2.24) is 0 Å². The van der Waals surface area contributed by atoms with Gasteiger partial charge in [-0.15, -0.1) is 0 Å². The summed E-state index contributed by atoms with van der Waals surface area (Å²) in [6, 6.07) is 63.9. The van der Waals surface area contributed by atoms with Crippen molar-refractivity contribution in [3.63, 3.8) is 0 Å². The summed E-state index contributed by atoms with van der Waals surface area (Å²) >= 11 is 0. The number of anilines is 4. The van der Waals surface area contributed by atoms with Crippen LogP contribution in [0.4, 0.5) is 22.7 Å². The van der Waals surface area contributed by atoms with E-state index in [9.17, 15) is 0 Å². The van der Waals surface area contributed by atoms with Crippen LogP contribution in [0.3, 0.4) is 0 Å². The van der Waals surface area contributed by atoms with E-state index in [0.29, 0.717) is 11.8 Å². The Balaban J connectivity index is 0.999. The summed E-state index contributed by atoms with van der Waals surface area (Å²) in [5, 5.41) is 7.54. The molecule has 0 spiro atoms. The monoisotopic (exact) mass is 668 g/mol. The molecule has 0 saturated carbocycles. The van der Waals surface area contributed by atoms with Gasteiger partial charge in [0.2, 0.25) is 0 Å². The van der Waals surface area contributed by atoms with Crippen molar-refractivity contribution in [2.24, 2.45) is 5.92 Å². The Morgan fingerprint density at radius 3 is 1.77 bits per heavy atom. The van der Waals surface area contributed by atoms with E-state index >= 15 is 0 Å². The van der Waals surface area contributed by atoms with Crippen molar-refractivity contribution in [3.05, 3.63) is 205 Å². The van der Waals surface area contributed by atoms with E-state index in [1.807, 2.05) is 0 Å². The Morgan fingerprint density at radius 2 is 1.04 bits per heavy atom. The molecule has 8 aromatic carbocycles. The van der Waals surface area contributed by atoms with Crippen LogP contribution in [0.15, 0.2) is 200 Å². The number of rotatable bonds is 7. The second-order valence-corrected chi connectivity index (χ2v) is 14.0. The van der Waals surface area contributed by atoms with Crippen LogP contribution in [0.25, 0.3) is 43.4 Å². The second kappa shape index (κ2) is 13.4. The van der Waals surface area contributed by atoms with Crippen LogP contribution >= 0.6 is 0 Å². The molecule has 0 aliphatic heterocycles. The van der Waals surface area contributed by atoms with E-state index in [2.05, 4.69) is 218 Å². The number of benzene rings is 8. The fraction of sp³-hybridized carbons (Fsp3) is 0.0800. The average molecular weight is 669 g/mol. The first-order valence-electron chi connectivity index (χ1n) is 18.2. The Labute approximate surface area is 306 Å². The lowest BCUT2D eigenvalue weighted by Gasteiger charge is -2.30. The first kappa shape index (κ1) is 31.6. The van der Waals surface area contributed by atoms with E-state index in [1.165, 1.54) is 66.1 Å². The van der Waals surface area contributed by atoms with Gasteiger partial charge in [0, 0.05) is 41.1 Å². The zero-order valence-electron chi connectivity index (χ0n) is 29.5. The summed E-state index contributed by atoms with van der Waals surface area (Å²) < 4.78 is 0. The topological polar surface area (TPSA) is 6.48 Å². The van der Waals surface area contributed by atoms with Crippen molar-refractivity contribution >= 4 is 55.1 Å². The van der Waals surface area contributed by atoms with Gasteiger partial charge >= 0.3 is 0 Å². The number of allylic oxidation sites excluding steroid dienone is 3. The lowest BCUT2D eigenvalue weighted by Crippen LogP contribution is -2.20. The highest BCUT2D eigenvalue weighted by atomic mass is 15.1. The summed E-state index contributed by atoms with van der Waals surface area (Å²) in [4.78, 5) is 4.70. The van der Waals surface area contributed by atoms with E-state index in [4.69, 9.17) is 0 Å². The Morgan fingerprint density at radius 1 is 0.462 bits per heavy atom. The quantitative estimate of drug-likeness (QED) is 0.156. The van der Waals surface area contributed by atoms with Gasteiger partial charge in [-0.1, -0.05) is 140 Å². The minimum Gasteiger partial charge on any atom is -0.345 e. The molecule has 0 heterocycles. The van der Waals surface area contributed by atoms with Crippen molar-refractivity contribution in [2.75, 3.05) is 16.8 Å². The molecule has 8 aromatic rings. The van der Waals surface area contributed by atoms with Crippen LogP contribution in [-0.4, -0.2) is 7.05 Å². The van der Waals surface area contributed by atoms with Gasteiger partial charge in [0.05, 0.1) is 5.69 Å². The predicted octanol–water partition coefficient (Wildman–Crippen LogP) is 13.6. The van der Waals surface area contributed by atoms with Gasteiger partial charge in [0.15, 0.2) is 0 Å². The zero-order valence-corrected chi connectivity index (χ0v) is 29.5. The fourth-order valence-corrected chi connectivity index (χ4v) is 7.84. The molecule has 250 valence electrons. The number of fused-ring (bicyclic) bond motifs is 3. The van der Waals surface area contributed by atoms with Crippen LogP contribution in [0, 0.1) is 5.92 Å². The van der Waals surface area contributed by atoms with Gasteiger partial charge in [0.25, 0.3) is 0 Å². The van der Waals surface area contributed by atoms with Gasteiger partial charge in [-0.2, -0.15) is 0 Å². The SMILES string of the molecule is CC1C=C(N(C)c2ccc3cc4ccccc4cc3c2)C=CC1c1ccc(N(c2ccc(-c3ccccc3)cc2)c2cccc3ccccc23)cc1. The predicted molar refractivity (Wildman–Crippen MR) is 223 cm³/mol. The lowest BCUT2D eigenvalue weighted by molar-refractivity contribution is 0.627. The molecule has 0 saturated heterocycles. The van der Waals surface area contributed by atoms with E-state index in [1.54, 1.807) is 0 Å². The van der Waals surface area contributed by atoms with Crippen molar-refractivity contribution < 1.29 is 0 Å². The fourth-order valence-electron chi connectivity index (χ4n) is 7.84. The van der Waals surface area contributed by atoms with Crippen LogP contribution in [0.5, 0.6) is 0 Å². The molecule has 0 aromatic heterocycles. The molecule has 52 heavy (non-hydrogen) atoms. The van der Waals surface area contributed by atoms with Crippen LogP contribution in [0.2, 0.25) is 0 Å². The smallest absolute Gasteiger partial charge is 0.0540 e. The molecular formula is C50H40N2. The third kappa shape index (κ3) is 5.93. The second-order valence-electron chi connectivity index (χ2n) is 14.0. The lowest BCUT2D eigenvalue weighted by atomic mass is 9.83. The molecule has 0 amide bonds. The Hall–Kier alpha value is -6.38. The highest BCUT2D eigenvalue weighted by Crippen LogP contribution is 2.41. The molecular weight excluding hydrogens is 629 g/mol. The van der Waals surface area contributed by atoms with Gasteiger partial charge in [-0.25, -0.2) is 0 Å². The van der Waals surface area contributed by atoms with Crippen molar-refractivity contribution in [1.29, 1.82) is 0 Å². The normalized spacial score (nSPS) is 15.5. The molecule has 9 rings (SSSR count). The minimum atomic E-state index is 0.297. The van der Waals surface area contributed by atoms with Gasteiger partial charge in [-0.3, -0.25) is 0 Å². The first-order valence-corrected chi connectivity index (χ1v) is 18.2. The summed E-state index contributed by atoms with van der Waals surface area (Å²) in [5.74, 6) is 0.641. The van der Waals surface area contributed by atoms with Crippen LogP contribution in [0.1, 0.15) is 18.4 Å². The molecule has 1 aliphatic carbocycles. The van der Waals surface area contributed by atoms with Gasteiger partial charge < -0.3 is 9.80 Å². The zero-order chi connectivity index (χ0) is 35.0. The Kier molecular flexibility index (Phi) is 8.14. The summed E-state index contributed by atoms with van der Waals surface area (Å²) in [7, 11) is 2.18. The maximum absolute atomic E-state index is 2.42. The van der Waals surface area contributed by atoms with Gasteiger partial charge in [0.1, 0.15) is 0 Å². The minimum absolute atomic E-state index is 0.297. The van der Waals surface area contributed by atoms with Crippen LogP contribution in [-0.2, 0) is 0 Å². The number of hydrogen-bond donors (Lipinski definition) is 0. The number of nitrogens with zero attached hydrogens (tertiary/aromatic N) is 2. The summed E-state index contributed by atoms with van der Waals surface area (Å²) in [5.41, 5.74) is 9.61. The molecule has 1 aliphatic rings. The van der Waals surface area contributed by atoms with E-state index < -0.39 is 0 Å².